The number of carbonyl (C=O) groups excluding carboxylic acids is 1. The van der Waals surface area contributed by atoms with Crippen molar-refractivity contribution in [3.63, 3.8) is 0 Å². The first-order valence-electron chi connectivity index (χ1n) is 5.83. The Hall–Kier alpha value is -0.890. The van der Waals surface area contributed by atoms with Gasteiger partial charge in [-0.05, 0) is 11.8 Å². The maximum absolute atomic E-state index is 12.1. The first kappa shape index (κ1) is 13.2. The maximum atomic E-state index is 12.1. The number of ether oxygens (including phenoxy) is 1. The van der Waals surface area contributed by atoms with Crippen molar-refractivity contribution in [2.75, 3.05) is 7.11 Å². The maximum Gasteiger partial charge on any atom is 0.162 e. The third-order valence-corrected chi connectivity index (χ3v) is 2.61. The number of methoxy groups -OCH3 is 1. The minimum atomic E-state index is -0.327. The van der Waals surface area contributed by atoms with Crippen molar-refractivity contribution in [2.45, 2.75) is 39.7 Å². The molecular weight excluding hydrogens is 200 g/mol. The lowest BCUT2D eigenvalue weighted by molar-refractivity contribution is -0.131. The summed E-state index contributed by atoms with van der Waals surface area (Å²) in [6, 6.07) is 0. The normalized spacial score (nSPS) is 18.8. The Balaban J connectivity index is 2.66. The molecule has 1 atom stereocenters. The molecule has 0 heterocycles. The molecule has 0 saturated heterocycles. The zero-order chi connectivity index (χ0) is 12.2. The van der Waals surface area contributed by atoms with E-state index in [0.29, 0.717) is 6.42 Å². The zero-order valence-electron chi connectivity index (χ0n) is 10.7. The number of Topliss-reactive ketones (excluding diaryl/α,β-unsaturated/α-hetero) is 1. The second-order valence-corrected chi connectivity index (χ2v) is 5.53. The average molecular weight is 222 g/mol. The standard InChI is InChI=1S/C14H22O2/c1-14(2,3)10-12(15)13(16-4)11-8-6-5-7-9-11/h6-9,11,13H,5,10H2,1-4H3. The molecule has 1 unspecified atom stereocenters. The number of ketones is 1. The highest BCUT2D eigenvalue weighted by molar-refractivity contribution is 5.84. The quantitative estimate of drug-likeness (QED) is 0.683. The van der Waals surface area contributed by atoms with Crippen LogP contribution in [0.3, 0.4) is 0 Å². The molecule has 2 nitrogen and oxygen atoms in total. The van der Waals surface area contributed by atoms with Crippen LogP contribution in [0.5, 0.6) is 0 Å². The van der Waals surface area contributed by atoms with Crippen LogP contribution in [0, 0.1) is 11.3 Å². The molecule has 1 aliphatic rings. The minimum absolute atomic E-state index is 0.0238. The van der Waals surface area contributed by atoms with E-state index in [9.17, 15) is 4.79 Å². The topological polar surface area (TPSA) is 26.3 Å². The fourth-order valence-corrected chi connectivity index (χ4v) is 1.94. The van der Waals surface area contributed by atoms with Gasteiger partial charge in [0.15, 0.2) is 5.78 Å². The van der Waals surface area contributed by atoms with Crippen LogP contribution in [-0.4, -0.2) is 19.0 Å². The molecule has 0 spiro atoms. The molecule has 0 aromatic carbocycles. The van der Waals surface area contributed by atoms with Crippen LogP contribution in [-0.2, 0) is 9.53 Å². The molecule has 0 fully saturated rings. The van der Waals surface area contributed by atoms with E-state index in [4.69, 9.17) is 4.74 Å². The minimum Gasteiger partial charge on any atom is -0.373 e. The van der Waals surface area contributed by atoms with E-state index in [1.54, 1.807) is 7.11 Å². The fourth-order valence-electron chi connectivity index (χ4n) is 1.94. The summed E-state index contributed by atoms with van der Waals surface area (Å²) in [5.41, 5.74) is 0.0238. The molecule has 1 rings (SSSR count). The third-order valence-electron chi connectivity index (χ3n) is 2.61. The van der Waals surface area contributed by atoms with Gasteiger partial charge in [0.2, 0.25) is 0 Å². The summed E-state index contributed by atoms with van der Waals surface area (Å²) in [6.07, 6.45) is 9.49. The van der Waals surface area contributed by atoms with E-state index < -0.39 is 0 Å². The van der Waals surface area contributed by atoms with E-state index in [2.05, 4.69) is 45.1 Å². The molecule has 0 aromatic rings. The Morgan fingerprint density at radius 2 is 1.94 bits per heavy atom. The SMILES string of the molecule is COC(C(=O)CC(C)(C)C)C1C=CCC=C1. The van der Waals surface area contributed by atoms with Crippen LogP contribution in [0.2, 0.25) is 0 Å². The van der Waals surface area contributed by atoms with Crippen LogP contribution < -0.4 is 0 Å². The summed E-state index contributed by atoms with van der Waals surface area (Å²) >= 11 is 0. The van der Waals surface area contributed by atoms with Crippen LogP contribution in [0.4, 0.5) is 0 Å². The lowest BCUT2D eigenvalue weighted by Crippen LogP contribution is -2.32. The zero-order valence-corrected chi connectivity index (χ0v) is 10.7. The van der Waals surface area contributed by atoms with E-state index in [-0.39, 0.29) is 23.2 Å². The lowest BCUT2D eigenvalue weighted by Gasteiger charge is -2.25. The molecule has 1 aliphatic carbocycles. The molecule has 0 N–H and O–H groups in total. The van der Waals surface area contributed by atoms with Crippen molar-refractivity contribution < 1.29 is 9.53 Å². The summed E-state index contributed by atoms with van der Waals surface area (Å²) in [4.78, 5) is 12.1. The van der Waals surface area contributed by atoms with E-state index in [0.717, 1.165) is 6.42 Å². The van der Waals surface area contributed by atoms with Gasteiger partial charge in [0.25, 0.3) is 0 Å². The van der Waals surface area contributed by atoms with Gasteiger partial charge >= 0.3 is 0 Å². The molecule has 0 radical (unpaired) electrons. The summed E-state index contributed by atoms with van der Waals surface area (Å²) in [5.74, 6) is 0.296. The average Bonchev–Trinajstić information content (AvgIpc) is 2.17. The molecule has 90 valence electrons. The monoisotopic (exact) mass is 222 g/mol. The van der Waals surface area contributed by atoms with Crippen molar-refractivity contribution in [1.82, 2.24) is 0 Å². The molecule has 16 heavy (non-hydrogen) atoms. The highest BCUT2D eigenvalue weighted by Gasteiger charge is 2.28. The Labute approximate surface area is 98.4 Å². The summed E-state index contributed by atoms with van der Waals surface area (Å²) < 4.78 is 5.35. The lowest BCUT2D eigenvalue weighted by atomic mass is 9.84. The van der Waals surface area contributed by atoms with Gasteiger partial charge in [-0.15, -0.1) is 0 Å². The Morgan fingerprint density at radius 3 is 2.38 bits per heavy atom. The van der Waals surface area contributed by atoms with Crippen LogP contribution in [0.1, 0.15) is 33.6 Å². The summed E-state index contributed by atoms with van der Waals surface area (Å²) in [7, 11) is 1.61. The highest BCUT2D eigenvalue weighted by atomic mass is 16.5. The van der Waals surface area contributed by atoms with Gasteiger partial charge in [-0.25, -0.2) is 0 Å². The smallest absolute Gasteiger partial charge is 0.162 e. The molecule has 2 heteroatoms. The first-order chi connectivity index (χ1) is 7.44. The van der Waals surface area contributed by atoms with Gasteiger partial charge < -0.3 is 4.74 Å². The number of rotatable bonds is 4. The van der Waals surface area contributed by atoms with Crippen molar-refractivity contribution in [3.05, 3.63) is 24.3 Å². The summed E-state index contributed by atoms with van der Waals surface area (Å²) in [6.45, 7) is 6.22. The Bertz CT molecular complexity index is 282. The fraction of sp³-hybridized carbons (Fsp3) is 0.643. The predicted molar refractivity (Wildman–Crippen MR) is 66.3 cm³/mol. The van der Waals surface area contributed by atoms with Gasteiger partial charge in [-0.3, -0.25) is 4.79 Å². The number of allylic oxidation sites excluding steroid dienone is 2. The van der Waals surface area contributed by atoms with Crippen molar-refractivity contribution in [3.8, 4) is 0 Å². The van der Waals surface area contributed by atoms with Crippen molar-refractivity contribution in [1.29, 1.82) is 0 Å². The van der Waals surface area contributed by atoms with Gasteiger partial charge in [-0.2, -0.15) is 0 Å². The highest BCUT2D eigenvalue weighted by Crippen LogP contribution is 2.24. The third kappa shape index (κ3) is 3.93. The van der Waals surface area contributed by atoms with Gasteiger partial charge in [-0.1, -0.05) is 45.1 Å². The largest absolute Gasteiger partial charge is 0.373 e. The Morgan fingerprint density at radius 1 is 1.38 bits per heavy atom. The predicted octanol–water partition coefficient (Wildman–Crippen LogP) is 3.14. The van der Waals surface area contributed by atoms with Crippen molar-refractivity contribution in [2.24, 2.45) is 11.3 Å². The summed E-state index contributed by atoms with van der Waals surface area (Å²) in [5, 5.41) is 0. The van der Waals surface area contributed by atoms with Gasteiger partial charge in [0, 0.05) is 19.4 Å². The van der Waals surface area contributed by atoms with E-state index >= 15 is 0 Å². The van der Waals surface area contributed by atoms with E-state index in [1.165, 1.54) is 0 Å². The number of carbonyl (C=O) groups is 1. The molecular formula is C14H22O2. The number of hydrogen-bond donors (Lipinski definition) is 0. The van der Waals surface area contributed by atoms with Gasteiger partial charge in [0.05, 0.1) is 0 Å². The second kappa shape index (κ2) is 5.44. The van der Waals surface area contributed by atoms with E-state index in [1.807, 2.05) is 0 Å². The second-order valence-electron chi connectivity index (χ2n) is 5.53. The number of hydrogen-bond acceptors (Lipinski definition) is 2. The first-order valence-corrected chi connectivity index (χ1v) is 5.83. The molecule has 0 amide bonds. The van der Waals surface area contributed by atoms with Gasteiger partial charge in [0.1, 0.15) is 6.10 Å². The Kier molecular flexibility index (Phi) is 4.48. The van der Waals surface area contributed by atoms with Crippen LogP contribution in [0.25, 0.3) is 0 Å². The molecule has 0 bridgehead atoms. The molecule has 0 aromatic heterocycles. The molecule has 0 saturated carbocycles. The van der Waals surface area contributed by atoms with Crippen LogP contribution in [0.15, 0.2) is 24.3 Å². The van der Waals surface area contributed by atoms with Crippen LogP contribution >= 0.6 is 0 Å². The van der Waals surface area contributed by atoms with Crippen molar-refractivity contribution >= 4 is 5.78 Å². The molecule has 0 aliphatic heterocycles.